The number of aliphatic hydroxyl groups is 1. The van der Waals surface area contributed by atoms with E-state index in [1.54, 1.807) is 13.2 Å². The number of aliphatic hydroxyl groups excluding tert-OH is 1. The number of allylic oxidation sites excluding steroid dienone is 1. The second-order valence-corrected chi connectivity index (χ2v) is 17.3. The van der Waals surface area contributed by atoms with Gasteiger partial charge in [0.2, 0.25) is 0 Å². The van der Waals surface area contributed by atoms with E-state index >= 15 is 0 Å². The third-order valence-electron chi connectivity index (χ3n) is 11.2. The van der Waals surface area contributed by atoms with Crippen LogP contribution in [0.4, 0.5) is 10.5 Å². The van der Waals surface area contributed by atoms with E-state index in [9.17, 15) is 18.9 Å². The molecule has 3 amide bonds. The van der Waals surface area contributed by atoms with E-state index in [0.717, 1.165) is 49.4 Å². The highest BCUT2D eigenvalue weighted by Crippen LogP contribution is 2.47. The van der Waals surface area contributed by atoms with Crippen molar-refractivity contribution in [2.75, 3.05) is 37.5 Å². The van der Waals surface area contributed by atoms with Crippen molar-refractivity contribution in [2.45, 2.75) is 82.0 Å². The average Bonchev–Trinajstić information content (AvgIpc) is 3.17. The van der Waals surface area contributed by atoms with Crippen molar-refractivity contribution < 1.29 is 28.4 Å². The molecule has 2 saturated carbocycles. The molecule has 5 aliphatic rings. The molecule has 0 radical (unpaired) electrons. The molecule has 2 aromatic rings. The normalized spacial score (nSPS) is 34.9. The van der Waals surface area contributed by atoms with E-state index in [0.29, 0.717) is 50.0 Å². The molecule has 2 bridgehead atoms. The van der Waals surface area contributed by atoms with Crippen LogP contribution in [0.2, 0.25) is 5.02 Å². The largest absolute Gasteiger partial charge is 0.490 e. The number of methoxy groups -OCH3 is 1. The second kappa shape index (κ2) is 13.9. The first-order valence-electron chi connectivity index (χ1n) is 17.6. The van der Waals surface area contributed by atoms with Crippen LogP contribution in [-0.2, 0) is 26.5 Å². The number of anilines is 1. The summed E-state index contributed by atoms with van der Waals surface area (Å²) < 4.78 is 33.7. The van der Waals surface area contributed by atoms with Gasteiger partial charge in [-0.15, -0.1) is 4.36 Å². The summed E-state index contributed by atoms with van der Waals surface area (Å²) in [4.78, 5) is 29.2. The summed E-state index contributed by atoms with van der Waals surface area (Å²) in [5.41, 5.74) is 3.38. The summed E-state index contributed by atoms with van der Waals surface area (Å²) in [6.07, 6.45) is 10.3. The Morgan fingerprint density at radius 1 is 1.20 bits per heavy atom. The van der Waals surface area contributed by atoms with E-state index in [1.165, 1.54) is 11.1 Å². The number of benzene rings is 2. The number of nitrogens with one attached hydrogen (secondary N) is 2. The quantitative estimate of drug-likeness (QED) is 0.344. The van der Waals surface area contributed by atoms with Gasteiger partial charge in [-0.25, -0.2) is 9.00 Å². The summed E-state index contributed by atoms with van der Waals surface area (Å²) in [7, 11) is -1.75. The van der Waals surface area contributed by atoms with Crippen LogP contribution in [0.25, 0.3) is 0 Å². The van der Waals surface area contributed by atoms with Gasteiger partial charge in [0.1, 0.15) is 15.7 Å². The highest BCUT2D eigenvalue weighted by molar-refractivity contribution is 7.92. The minimum atomic E-state index is -3.51. The molecule has 2 aromatic carbocycles. The van der Waals surface area contributed by atoms with Crippen molar-refractivity contribution in [2.24, 2.45) is 22.1 Å². The molecule has 2 heterocycles. The molecular weight excluding hydrogens is 664 g/mol. The summed E-state index contributed by atoms with van der Waals surface area (Å²) in [6, 6.07) is 10.7. The van der Waals surface area contributed by atoms with Crippen LogP contribution in [0, 0.1) is 17.8 Å². The van der Waals surface area contributed by atoms with Crippen LogP contribution in [0.5, 0.6) is 5.75 Å². The van der Waals surface area contributed by atoms with Crippen LogP contribution < -0.4 is 19.7 Å². The van der Waals surface area contributed by atoms with Gasteiger partial charge < -0.3 is 24.8 Å². The Kier molecular flexibility index (Phi) is 9.73. The third kappa shape index (κ3) is 7.22. The van der Waals surface area contributed by atoms with Gasteiger partial charge in [-0.1, -0.05) is 36.7 Å². The molecule has 0 aromatic heterocycles. The number of hydrogen-bond acceptors (Lipinski definition) is 7. The molecular formula is C37H47ClN4O6S. The van der Waals surface area contributed by atoms with Crippen LogP contribution in [0.3, 0.4) is 0 Å². The molecule has 264 valence electrons. The van der Waals surface area contributed by atoms with Crippen LogP contribution in [0.1, 0.15) is 73.4 Å². The number of ether oxygens (including phenoxy) is 2. The number of nitrogens with zero attached hydrogens (tertiary/aromatic N) is 2. The number of rotatable bonds is 3. The van der Waals surface area contributed by atoms with Gasteiger partial charge in [0.25, 0.3) is 5.91 Å². The smallest absolute Gasteiger partial charge is 0.327 e. The summed E-state index contributed by atoms with van der Waals surface area (Å²) in [6.45, 7) is 3.93. The third-order valence-corrected chi connectivity index (χ3v) is 13.4. The van der Waals surface area contributed by atoms with E-state index < -0.39 is 28.0 Å². The number of fused-ring (bicyclic) bond motifs is 4. The van der Waals surface area contributed by atoms with Gasteiger partial charge in [-0.05, 0) is 111 Å². The van der Waals surface area contributed by atoms with E-state index in [1.807, 2.05) is 25.1 Å². The predicted molar refractivity (Wildman–Crippen MR) is 191 cm³/mol. The first-order valence-corrected chi connectivity index (χ1v) is 19.6. The zero-order valence-electron chi connectivity index (χ0n) is 28.2. The molecule has 49 heavy (non-hydrogen) atoms. The van der Waals surface area contributed by atoms with Crippen molar-refractivity contribution >= 4 is 39.1 Å². The molecule has 6 atom stereocenters. The lowest BCUT2D eigenvalue weighted by Gasteiger charge is -2.46. The maximum atomic E-state index is 14.3. The Hall–Kier alpha value is -3.12. The molecule has 3 N–H and O–H groups in total. The Labute approximate surface area is 294 Å². The molecule has 0 unspecified atom stereocenters. The average molecular weight is 711 g/mol. The zero-order valence-corrected chi connectivity index (χ0v) is 29.8. The zero-order chi connectivity index (χ0) is 34.3. The molecule has 12 heteroatoms. The Morgan fingerprint density at radius 3 is 2.80 bits per heavy atom. The monoisotopic (exact) mass is 710 g/mol. The lowest BCUT2D eigenvalue weighted by molar-refractivity contribution is 0.0131. The van der Waals surface area contributed by atoms with Gasteiger partial charge in [0.05, 0.1) is 30.3 Å². The van der Waals surface area contributed by atoms with E-state index in [4.69, 9.17) is 21.1 Å². The van der Waals surface area contributed by atoms with E-state index in [2.05, 4.69) is 43.6 Å². The first-order chi connectivity index (χ1) is 23.5. The van der Waals surface area contributed by atoms with Crippen molar-refractivity contribution in [1.29, 1.82) is 0 Å². The highest BCUT2D eigenvalue weighted by Gasteiger charge is 2.44. The number of amides is 3. The number of aryl methyl sites for hydroxylation is 1. The van der Waals surface area contributed by atoms with Crippen LogP contribution >= 0.6 is 11.6 Å². The summed E-state index contributed by atoms with van der Waals surface area (Å²) in [5, 5.41) is 13.1. The number of urea groups is 1. The van der Waals surface area contributed by atoms with Gasteiger partial charge in [0, 0.05) is 42.2 Å². The van der Waals surface area contributed by atoms with Gasteiger partial charge in [-0.2, -0.15) is 0 Å². The van der Waals surface area contributed by atoms with Crippen molar-refractivity contribution in [3.05, 3.63) is 70.3 Å². The van der Waals surface area contributed by atoms with Crippen LogP contribution in [0.15, 0.2) is 52.9 Å². The predicted octanol–water partition coefficient (Wildman–Crippen LogP) is 5.80. The summed E-state index contributed by atoms with van der Waals surface area (Å²) in [5.74, 6) is 0.626. The Morgan fingerprint density at radius 2 is 2.04 bits per heavy atom. The minimum absolute atomic E-state index is 0.000381. The standard InChI is InChI=1S/C37H47ClN4O6S/c1-23-5-3-7-33(47-2)30-11-8-26(30)19-42-21-37(14-4-6-24-15-27(38)10-12-31(24)37)22-48-34-13-9-25(16-32(34)42)35(44)40-49(46,20-23)41-36(45)39-28-17-29(43)18-28/h3,7,9-10,12-13,15-16,23,26,28-30,33,43H,4-6,8,11,14,17-22H2,1-2H3,(H2,39,40,41,44,45,46)/b7-3+/t23-,26-,28-,29-,30+,33-,37-,49-/m0/s1. The van der Waals surface area contributed by atoms with Gasteiger partial charge >= 0.3 is 6.03 Å². The number of carbonyl (C=O) groups is 2. The highest BCUT2D eigenvalue weighted by atomic mass is 35.5. The second-order valence-electron chi connectivity index (χ2n) is 14.9. The van der Waals surface area contributed by atoms with Crippen molar-refractivity contribution in [3.63, 3.8) is 0 Å². The number of hydrogen-bond donors (Lipinski definition) is 3. The molecule has 3 aliphatic carbocycles. The molecule has 0 saturated heterocycles. The molecule has 1 spiro atoms. The maximum Gasteiger partial charge on any atom is 0.327 e. The Balaban J connectivity index is 1.27. The number of carbonyl (C=O) groups excluding carboxylic acids is 2. The fourth-order valence-corrected chi connectivity index (χ4v) is 10.5. The van der Waals surface area contributed by atoms with E-state index in [-0.39, 0.29) is 34.8 Å². The topological polar surface area (TPSA) is 130 Å². The minimum Gasteiger partial charge on any atom is -0.490 e. The fraction of sp³-hybridized carbons (Fsp3) is 0.568. The van der Waals surface area contributed by atoms with Gasteiger partial charge in [-0.3, -0.25) is 9.52 Å². The first kappa shape index (κ1) is 34.3. The fourth-order valence-electron chi connectivity index (χ4n) is 8.43. The van der Waals surface area contributed by atoms with Crippen molar-refractivity contribution in [1.82, 2.24) is 10.0 Å². The van der Waals surface area contributed by atoms with Crippen LogP contribution in [-0.4, -0.2) is 72.1 Å². The molecule has 2 aliphatic heterocycles. The Bertz CT molecular complexity index is 1750. The molecule has 7 rings (SSSR count). The van der Waals surface area contributed by atoms with Crippen molar-refractivity contribution in [3.8, 4) is 5.75 Å². The molecule has 10 nitrogen and oxygen atoms in total. The molecule has 2 fully saturated rings. The lowest BCUT2D eigenvalue weighted by atomic mass is 9.68. The number of halogens is 1. The maximum absolute atomic E-state index is 14.3. The summed E-state index contributed by atoms with van der Waals surface area (Å²) >= 11 is 6.44. The SMILES string of the molecule is CO[C@H]1/C=C/C[C@H](C)C[S@@](=O)(NC(=O)N[C@H]2C[C@H](O)C2)=NC(=O)c2ccc3c(c2)N(C[C@@H]2CC[C@H]21)C[C@@]1(CCCc2cc(Cl)ccc21)CO3. The lowest BCUT2D eigenvalue weighted by Crippen LogP contribution is -2.51. The van der Waals surface area contributed by atoms with Gasteiger partial charge in [0.15, 0.2) is 0 Å².